The molecule has 0 radical (unpaired) electrons. The highest BCUT2D eigenvalue weighted by atomic mass is 16.5. The number of hydrogen-bond acceptors (Lipinski definition) is 7. The maximum Gasteiger partial charge on any atom is 0.233 e. The maximum absolute atomic E-state index is 12.2. The van der Waals surface area contributed by atoms with Gasteiger partial charge in [0.05, 0.1) is 25.0 Å². The molecule has 1 saturated carbocycles. The van der Waals surface area contributed by atoms with Crippen LogP contribution in [0.3, 0.4) is 0 Å². The number of hydrogen-bond donors (Lipinski definition) is 3. The summed E-state index contributed by atoms with van der Waals surface area (Å²) < 4.78 is 16.4. The average molecular weight is 495 g/mol. The zero-order valence-corrected chi connectivity index (χ0v) is 21.1. The number of nitrogens with zero attached hydrogens (tertiary/aromatic N) is 1. The summed E-state index contributed by atoms with van der Waals surface area (Å²) in [5.74, 6) is 0.576. The summed E-state index contributed by atoms with van der Waals surface area (Å²) in [5.41, 5.74) is 3.28. The number of amides is 2. The van der Waals surface area contributed by atoms with E-state index in [0.29, 0.717) is 47.3 Å². The molecule has 1 aliphatic carbocycles. The number of nitrogens with one attached hydrogen (secondary N) is 3. The van der Waals surface area contributed by atoms with Gasteiger partial charge in [-0.3, -0.25) is 14.6 Å². The number of ether oxygens (including phenoxy) is 3. The fraction of sp³-hybridized carbons (Fsp3) is 0.370. The highest BCUT2D eigenvalue weighted by Gasteiger charge is 2.20. The number of aliphatic imine (C=N–C) groups is 1. The van der Waals surface area contributed by atoms with Crippen LogP contribution >= 0.6 is 0 Å². The normalized spacial score (nSPS) is 13.1. The molecular weight excluding hydrogens is 460 g/mol. The van der Waals surface area contributed by atoms with E-state index < -0.39 is 0 Å². The van der Waals surface area contributed by atoms with Crippen LogP contribution in [-0.2, 0) is 14.3 Å². The second kappa shape index (κ2) is 13.3. The highest BCUT2D eigenvalue weighted by molar-refractivity contribution is 6.03. The molecule has 3 N–H and O–H groups in total. The van der Waals surface area contributed by atoms with Crippen molar-refractivity contribution in [3.8, 4) is 11.5 Å². The predicted molar refractivity (Wildman–Crippen MR) is 142 cm³/mol. The van der Waals surface area contributed by atoms with Crippen LogP contribution in [0.4, 0.5) is 17.1 Å². The summed E-state index contributed by atoms with van der Waals surface area (Å²) in [6, 6.07) is 11.0. The lowest BCUT2D eigenvalue weighted by Crippen LogP contribution is -2.40. The Morgan fingerprint density at radius 3 is 2.33 bits per heavy atom. The van der Waals surface area contributed by atoms with Crippen LogP contribution in [0.1, 0.15) is 38.2 Å². The number of anilines is 2. The number of methoxy groups -OCH3 is 2. The van der Waals surface area contributed by atoms with Gasteiger partial charge in [0.1, 0.15) is 24.5 Å². The van der Waals surface area contributed by atoms with Crippen LogP contribution in [0.5, 0.6) is 11.5 Å². The van der Waals surface area contributed by atoms with Crippen molar-refractivity contribution < 1.29 is 23.8 Å². The fourth-order valence-electron chi connectivity index (χ4n) is 3.66. The lowest BCUT2D eigenvalue weighted by atomic mass is 9.93. The van der Waals surface area contributed by atoms with Gasteiger partial charge < -0.3 is 30.2 Å². The SMILES string of the molecule is C=C(Nc1ccc(NC(=O)CC(=O)NC2CCC2)cc1)c1c(N=CC)cc(OCCOC)cc1OC. The average Bonchev–Trinajstić information content (AvgIpc) is 2.82. The number of benzene rings is 2. The van der Waals surface area contributed by atoms with Crippen LogP contribution in [-0.4, -0.2) is 51.5 Å². The zero-order chi connectivity index (χ0) is 25.9. The van der Waals surface area contributed by atoms with Gasteiger partial charge in [0.2, 0.25) is 11.8 Å². The van der Waals surface area contributed by atoms with Crippen molar-refractivity contribution in [1.29, 1.82) is 0 Å². The third-order valence-corrected chi connectivity index (χ3v) is 5.66. The van der Waals surface area contributed by atoms with Gasteiger partial charge in [0.25, 0.3) is 0 Å². The Morgan fingerprint density at radius 2 is 1.75 bits per heavy atom. The molecule has 0 bridgehead atoms. The van der Waals surface area contributed by atoms with Crippen LogP contribution in [0.25, 0.3) is 5.70 Å². The minimum absolute atomic E-state index is 0.195. The van der Waals surface area contributed by atoms with Crippen LogP contribution < -0.4 is 25.4 Å². The smallest absolute Gasteiger partial charge is 0.233 e. The minimum Gasteiger partial charge on any atom is -0.496 e. The fourth-order valence-corrected chi connectivity index (χ4v) is 3.66. The molecule has 0 aliphatic heterocycles. The van der Waals surface area contributed by atoms with Gasteiger partial charge >= 0.3 is 0 Å². The van der Waals surface area contributed by atoms with Crippen molar-refractivity contribution in [2.45, 2.75) is 38.6 Å². The molecule has 1 aliphatic rings. The summed E-state index contributed by atoms with van der Waals surface area (Å²) in [4.78, 5) is 28.6. The molecule has 0 unspecified atom stereocenters. The Balaban J connectivity index is 1.64. The summed E-state index contributed by atoms with van der Waals surface area (Å²) in [7, 11) is 3.19. The Kier molecular flexibility index (Phi) is 9.88. The molecule has 9 heteroatoms. The first-order valence-corrected chi connectivity index (χ1v) is 11.9. The van der Waals surface area contributed by atoms with E-state index in [1.165, 1.54) is 0 Å². The number of carbonyl (C=O) groups excluding carboxylic acids is 2. The minimum atomic E-state index is -0.350. The van der Waals surface area contributed by atoms with Crippen LogP contribution in [0.2, 0.25) is 0 Å². The zero-order valence-electron chi connectivity index (χ0n) is 21.1. The van der Waals surface area contributed by atoms with E-state index in [0.717, 1.165) is 24.9 Å². The lowest BCUT2D eigenvalue weighted by molar-refractivity contribution is -0.127. The summed E-state index contributed by atoms with van der Waals surface area (Å²) >= 11 is 0. The molecule has 36 heavy (non-hydrogen) atoms. The first kappa shape index (κ1) is 26.7. The molecule has 0 heterocycles. The molecule has 0 aromatic heterocycles. The van der Waals surface area contributed by atoms with Crippen molar-refractivity contribution in [3.63, 3.8) is 0 Å². The quantitative estimate of drug-likeness (QED) is 0.215. The maximum atomic E-state index is 12.2. The van der Waals surface area contributed by atoms with Gasteiger partial charge in [0.15, 0.2) is 0 Å². The molecule has 9 nitrogen and oxygen atoms in total. The highest BCUT2D eigenvalue weighted by Crippen LogP contribution is 2.39. The Hall–Kier alpha value is -3.85. The Morgan fingerprint density at radius 1 is 1.06 bits per heavy atom. The molecule has 3 rings (SSSR count). The van der Waals surface area contributed by atoms with E-state index in [1.54, 1.807) is 38.6 Å². The third kappa shape index (κ3) is 7.58. The summed E-state index contributed by atoms with van der Waals surface area (Å²) in [5, 5.41) is 8.88. The molecule has 1 fully saturated rings. The van der Waals surface area contributed by atoms with Gasteiger partial charge in [-0.05, 0) is 50.5 Å². The van der Waals surface area contributed by atoms with Gasteiger partial charge in [-0.2, -0.15) is 0 Å². The first-order valence-electron chi connectivity index (χ1n) is 11.9. The Bertz CT molecular complexity index is 1090. The van der Waals surface area contributed by atoms with Crippen molar-refractivity contribution >= 4 is 40.8 Å². The lowest BCUT2D eigenvalue weighted by Gasteiger charge is -2.26. The molecule has 2 aromatic rings. The van der Waals surface area contributed by atoms with E-state index in [9.17, 15) is 9.59 Å². The predicted octanol–water partition coefficient (Wildman–Crippen LogP) is 4.52. The van der Waals surface area contributed by atoms with Gasteiger partial charge in [0, 0.05) is 48.6 Å². The largest absolute Gasteiger partial charge is 0.496 e. The standard InChI is InChI=1S/C27H34N4O5/c1-5-28-23-15-22(36-14-13-34-3)16-24(35-4)27(23)18(2)29-20-9-11-21(12-10-20)31-26(33)17-25(32)30-19-7-6-8-19/h5,9-12,15-16,19,29H,2,6-8,13-14,17H2,1,3-4H3,(H,30,32)(H,31,33). The van der Waals surface area contributed by atoms with E-state index in [1.807, 2.05) is 25.1 Å². The van der Waals surface area contributed by atoms with Crippen molar-refractivity contribution in [2.24, 2.45) is 4.99 Å². The van der Waals surface area contributed by atoms with E-state index in [4.69, 9.17) is 14.2 Å². The van der Waals surface area contributed by atoms with Crippen LogP contribution in [0.15, 0.2) is 48.0 Å². The number of rotatable bonds is 13. The molecule has 192 valence electrons. The number of carbonyl (C=O) groups is 2. The van der Waals surface area contributed by atoms with E-state index >= 15 is 0 Å². The summed E-state index contributed by atoms with van der Waals surface area (Å²) in [6.07, 6.45) is 4.58. The molecule has 0 atom stereocenters. The van der Waals surface area contributed by atoms with Crippen molar-refractivity contribution in [1.82, 2.24) is 5.32 Å². The van der Waals surface area contributed by atoms with Gasteiger partial charge in [-0.15, -0.1) is 0 Å². The van der Waals surface area contributed by atoms with Gasteiger partial charge in [-0.25, -0.2) is 0 Å². The van der Waals surface area contributed by atoms with Crippen molar-refractivity contribution in [2.75, 3.05) is 38.1 Å². The molecule has 0 spiro atoms. The second-order valence-corrected chi connectivity index (χ2v) is 8.35. The summed E-state index contributed by atoms with van der Waals surface area (Å²) in [6.45, 7) is 6.88. The molecule has 2 amide bonds. The monoisotopic (exact) mass is 494 g/mol. The molecule has 2 aromatic carbocycles. The van der Waals surface area contributed by atoms with E-state index in [2.05, 4.69) is 27.5 Å². The van der Waals surface area contributed by atoms with Crippen molar-refractivity contribution in [3.05, 3.63) is 48.5 Å². The third-order valence-electron chi connectivity index (χ3n) is 5.66. The molecule has 0 saturated heterocycles. The van der Waals surface area contributed by atoms with Crippen LogP contribution in [0, 0.1) is 0 Å². The second-order valence-electron chi connectivity index (χ2n) is 8.35. The molecular formula is C27H34N4O5. The first-order chi connectivity index (χ1) is 17.4. The topological polar surface area (TPSA) is 110 Å². The Labute approximate surface area is 211 Å². The van der Waals surface area contributed by atoms with Gasteiger partial charge in [-0.1, -0.05) is 6.58 Å². The van der Waals surface area contributed by atoms with E-state index in [-0.39, 0.29) is 24.3 Å².